The zero-order chi connectivity index (χ0) is 15.8. The van der Waals surface area contributed by atoms with Crippen LogP contribution < -0.4 is 0 Å². The molecular weight excluding hydrogens is 335 g/mol. The van der Waals surface area contributed by atoms with E-state index in [1.165, 1.54) is 11.3 Å². The van der Waals surface area contributed by atoms with E-state index in [1.54, 1.807) is 19.2 Å². The molecule has 8 heteroatoms. The van der Waals surface area contributed by atoms with Gasteiger partial charge in [-0.25, -0.2) is 4.98 Å². The Bertz CT molecular complexity index is 638. The summed E-state index contributed by atoms with van der Waals surface area (Å²) in [6.07, 6.45) is 0.281. The lowest BCUT2D eigenvalue weighted by Crippen LogP contribution is -2.26. The van der Waals surface area contributed by atoms with Crippen molar-refractivity contribution in [1.29, 1.82) is 5.26 Å². The molecule has 0 radical (unpaired) electrons. The quantitative estimate of drug-likeness (QED) is 0.604. The van der Waals surface area contributed by atoms with Crippen molar-refractivity contribution in [1.82, 2.24) is 4.98 Å². The van der Waals surface area contributed by atoms with Crippen LogP contribution in [0.1, 0.15) is 30.0 Å². The summed E-state index contributed by atoms with van der Waals surface area (Å²) in [5.41, 5.74) is -0.254. The molecular formula is C13H12Cl2N2O3S. The standard InChI is InChI=1S/C13H12Cl2N2O3S/c1-7-5-21-10(17-7)8(3-16)9(18)4-20-11(19)12(2)6-13(12,14)15/h5,8H,4,6H2,1-2H3. The smallest absolute Gasteiger partial charge is 0.315 e. The molecule has 0 aromatic carbocycles. The van der Waals surface area contributed by atoms with Gasteiger partial charge in [0.2, 0.25) is 0 Å². The van der Waals surface area contributed by atoms with Gasteiger partial charge >= 0.3 is 5.97 Å². The average molecular weight is 347 g/mol. The second kappa shape index (κ2) is 5.56. The maximum atomic E-state index is 12.0. The van der Waals surface area contributed by atoms with Crippen LogP contribution in [0.3, 0.4) is 0 Å². The number of aromatic nitrogens is 1. The number of thiazole rings is 1. The van der Waals surface area contributed by atoms with Gasteiger partial charge in [0, 0.05) is 17.5 Å². The molecule has 2 atom stereocenters. The molecule has 1 fully saturated rings. The first-order valence-corrected chi connectivity index (χ1v) is 7.74. The van der Waals surface area contributed by atoms with Crippen molar-refractivity contribution in [3.8, 4) is 6.07 Å². The van der Waals surface area contributed by atoms with Crippen LogP contribution in [0.25, 0.3) is 0 Å². The van der Waals surface area contributed by atoms with Crippen LogP contribution in [-0.4, -0.2) is 27.7 Å². The number of nitriles is 1. The Balaban J connectivity index is 1.96. The lowest BCUT2D eigenvalue weighted by molar-refractivity contribution is -0.153. The molecule has 2 rings (SSSR count). The third-order valence-electron chi connectivity index (χ3n) is 3.39. The van der Waals surface area contributed by atoms with Gasteiger partial charge in [-0.15, -0.1) is 34.5 Å². The Morgan fingerprint density at radius 3 is 2.67 bits per heavy atom. The lowest BCUT2D eigenvalue weighted by Gasteiger charge is -2.12. The molecule has 1 aromatic rings. The molecule has 5 nitrogen and oxygen atoms in total. The van der Waals surface area contributed by atoms with Crippen molar-refractivity contribution in [2.45, 2.75) is 30.5 Å². The van der Waals surface area contributed by atoms with Gasteiger partial charge in [-0.05, 0) is 13.8 Å². The number of Topliss-reactive ketones (excluding diaryl/α,β-unsaturated/α-hetero) is 1. The predicted molar refractivity (Wildman–Crippen MR) is 78.3 cm³/mol. The van der Waals surface area contributed by atoms with E-state index in [-0.39, 0.29) is 6.42 Å². The van der Waals surface area contributed by atoms with Gasteiger partial charge in [0.15, 0.2) is 18.3 Å². The minimum Gasteiger partial charge on any atom is -0.457 e. The van der Waals surface area contributed by atoms with E-state index < -0.39 is 34.0 Å². The highest BCUT2D eigenvalue weighted by molar-refractivity contribution is 7.09. The number of esters is 1. The largest absolute Gasteiger partial charge is 0.457 e. The summed E-state index contributed by atoms with van der Waals surface area (Å²) < 4.78 is 3.80. The number of carbonyl (C=O) groups is 2. The van der Waals surface area contributed by atoms with Crippen LogP contribution in [0, 0.1) is 23.7 Å². The molecule has 1 aliphatic carbocycles. The van der Waals surface area contributed by atoms with E-state index in [0.29, 0.717) is 5.01 Å². The maximum Gasteiger partial charge on any atom is 0.315 e. The summed E-state index contributed by atoms with van der Waals surface area (Å²) >= 11 is 13.0. The Kier molecular flexibility index (Phi) is 4.29. The molecule has 1 aromatic heterocycles. The highest BCUT2D eigenvalue weighted by atomic mass is 35.5. The number of rotatable bonds is 5. The molecule has 0 spiro atoms. The van der Waals surface area contributed by atoms with Crippen LogP contribution in [0.15, 0.2) is 5.38 Å². The first-order chi connectivity index (χ1) is 9.71. The molecule has 112 valence electrons. The molecule has 0 aliphatic heterocycles. The van der Waals surface area contributed by atoms with E-state index in [4.69, 9.17) is 33.2 Å². The van der Waals surface area contributed by atoms with Gasteiger partial charge in [-0.3, -0.25) is 9.59 Å². The summed E-state index contributed by atoms with van der Waals surface area (Å²) in [7, 11) is 0. The first kappa shape index (κ1) is 16.2. The van der Waals surface area contributed by atoms with E-state index in [1.807, 2.05) is 6.07 Å². The van der Waals surface area contributed by atoms with Crippen molar-refractivity contribution in [2.75, 3.05) is 6.61 Å². The number of hydrogen-bond acceptors (Lipinski definition) is 6. The number of carbonyl (C=O) groups excluding carboxylic acids is 2. The number of halogens is 2. The topological polar surface area (TPSA) is 80.0 Å². The molecule has 0 amide bonds. The van der Waals surface area contributed by atoms with E-state index >= 15 is 0 Å². The number of aryl methyl sites for hydroxylation is 1. The Hall–Kier alpha value is -1.16. The Morgan fingerprint density at radius 1 is 1.62 bits per heavy atom. The van der Waals surface area contributed by atoms with Crippen molar-refractivity contribution in [2.24, 2.45) is 5.41 Å². The highest BCUT2D eigenvalue weighted by Gasteiger charge is 2.69. The van der Waals surface area contributed by atoms with Gasteiger partial charge in [-0.2, -0.15) is 5.26 Å². The van der Waals surface area contributed by atoms with Gasteiger partial charge in [0.25, 0.3) is 0 Å². The zero-order valence-electron chi connectivity index (χ0n) is 11.4. The van der Waals surface area contributed by atoms with Crippen LogP contribution in [-0.2, 0) is 14.3 Å². The summed E-state index contributed by atoms with van der Waals surface area (Å²) in [5, 5.41) is 11.2. The SMILES string of the molecule is Cc1csc(C(C#N)C(=O)COC(=O)C2(C)CC2(Cl)Cl)n1. The fourth-order valence-corrected chi connectivity index (χ4v) is 3.32. The third kappa shape index (κ3) is 3.05. The van der Waals surface area contributed by atoms with Crippen LogP contribution in [0.2, 0.25) is 0 Å². The van der Waals surface area contributed by atoms with Crippen molar-refractivity contribution in [3.05, 3.63) is 16.1 Å². The molecule has 2 unspecified atom stereocenters. The summed E-state index contributed by atoms with van der Waals surface area (Å²) in [4.78, 5) is 28.0. The highest BCUT2D eigenvalue weighted by Crippen LogP contribution is 2.64. The van der Waals surface area contributed by atoms with Gasteiger partial charge in [0.05, 0.1) is 6.07 Å². The molecule has 1 heterocycles. The summed E-state index contributed by atoms with van der Waals surface area (Å²) in [5.74, 6) is -2.17. The minimum absolute atomic E-state index is 0.281. The van der Waals surface area contributed by atoms with Gasteiger partial charge in [-0.1, -0.05) is 0 Å². The minimum atomic E-state index is -1.14. The number of hydrogen-bond donors (Lipinski definition) is 0. The van der Waals surface area contributed by atoms with Gasteiger partial charge < -0.3 is 4.74 Å². The predicted octanol–water partition coefficient (Wildman–Crippen LogP) is 2.75. The number of ether oxygens (including phenoxy) is 1. The molecule has 0 N–H and O–H groups in total. The van der Waals surface area contributed by atoms with E-state index in [9.17, 15) is 9.59 Å². The Morgan fingerprint density at radius 2 is 2.24 bits per heavy atom. The summed E-state index contributed by atoms with van der Waals surface area (Å²) in [6, 6.07) is 1.88. The molecule has 21 heavy (non-hydrogen) atoms. The third-order valence-corrected chi connectivity index (χ3v) is 5.52. The second-order valence-corrected chi connectivity index (χ2v) is 7.52. The molecule has 0 saturated heterocycles. The van der Waals surface area contributed by atoms with Crippen LogP contribution in [0.5, 0.6) is 0 Å². The molecule has 1 saturated carbocycles. The van der Waals surface area contributed by atoms with Crippen LogP contribution in [0.4, 0.5) is 0 Å². The average Bonchev–Trinajstić information content (AvgIpc) is 2.73. The molecule has 1 aliphatic rings. The number of nitrogens with zero attached hydrogens (tertiary/aromatic N) is 2. The lowest BCUT2D eigenvalue weighted by atomic mass is 10.1. The number of ketones is 1. The van der Waals surface area contributed by atoms with Crippen molar-refractivity contribution < 1.29 is 14.3 Å². The fraction of sp³-hybridized carbons (Fsp3) is 0.538. The van der Waals surface area contributed by atoms with Gasteiger partial charge in [0.1, 0.15) is 14.8 Å². The first-order valence-electron chi connectivity index (χ1n) is 6.11. The van der Waals surface area contributed by atoms with Crippen molar-refractivity contribution >= 4 is 46.3 Å². The van der Waals surface area contributed by atoms with E-state index in [0.717, 1.165) is 5.69 Å². The van der Waals surface area contributed by atoms with Crippen molar-refractivity contribution in [3.63, 3.8) is 0 Å². The molecule has 0 bridgehead atoms. The second-order valence-electron chi connectivity index (χ2n) is 5.15. The monoisotopic (exact) mass is 346 g/mol. The Labute approximate surface area is 135 Å². The van der Waals surface area contributed by atoms with E-state index in [2.05, 4.69) is 4.98 Å². The summed E-state index contributed by atoms with van der Waals surface area (Å²) in [6.45, 7) is 2.86. The zero-order valence-corrected chi connectivity index (χ0v) is 13.7. The normalized spacial score (nSPS) is 24.0. The maximum absolute atomic E-state index is 12.0. The fourth-order valence-electron chi connectivity index (χ4n) is 1.77. The van der Waals surface area contributed by atoms with Crippen LogP contribution >= 0.6 is 34.5 Å². The number of alkyl halides is 2.